The zero-order valence-corrected chi connectivity index (χ0v) is 12.9. The molecule has 0 heterocycles. The Hall–Kier alpha value is -1.63. The fraction of sp³-hybridized carbons (Fsp3) is 0.385. The predicted molar refractivity (Wildman–Crippen MR) is 78.3 cm³/mol. The fourth-order valence-electron chi connectivity index (χ4n) is 1.94. The van der Waals surface area contributed by atoms with E-state index in [2.05, 4.69) is 26.4 Å². The molecule has 0 aliphatic rings. The van der Waals surface area contributed by atoms with Crippen LogP contribution in [-0.2, 0) is 0 Å². The van der Waals surface area contributed by atoms with Gasteiger partial charge in [0.2, 0.25) is 0 Å². The van der Waals surface area contributed by atoms with E-state index in [1.54, 1.807) is 19.9 Å². The first-order chi connectivity index (χ1) is 9.41. The van der Waals surface area contributed by atoms with Crippen LogP contribution < -0.4 is 11.1 Å². The first kappa shape index (κ1) is 16.4. The number of halogens is 2. The number of benzene rings is 1. The molecule has 5 nitrogen and oxygen atoms in total. The summed E-state index contributed by atoms with van der Waals surface area (Å²) in [7, 11) is 0. The second kappa shape index (κ2) is 6.69. The summed E-state index contributed by atoms with van der Waals surface area (Å²) < 4.78 is 14.1. The van der Waals surface area contributed by atoms with Gasteiger partial charge >= 0.3 is 0 Å². The van der Waals surface area contributed by atoms with Gasteiger partial charge in [-0.3, -0.25) is 4.79 Å². The molecule has 20 heavy (non-hydrogen) atoms. The van der Waals surface area contributed by atoms with Crippen LogP contribution in [0, 0.1) is 5.82 Å². The second-order valence-corrected chi connectivity index (χ2v) is 5.18. The molecule has 0 saturated carbocycles. The van der Waals surface area contributed by atoms with Gasteiger partial charge < -0.3 is 16.3 Å². The van der Waals surface area contributed by atoms with Gasteiger partial charge in [0.05, 0.1) is 5.56 Å². The minimum absolute atomic E-state index is 0.107. The topological polar surface area (TPSA) is 87.7 Å². The lowest BCUT2D eigenvalue weighted by atomic mass is 9.91. The molecule has 1 aromatic carbocycles. The van der Waals surface area contributed by atoms with Gasteiger partial charge in [-0.25, -0.2) is 4.39 Å². The summed E-state index contributed by atoms with van der Waals surface area (Å²) in [5.41, 5.74) is 4.54. The highest BCUT2D eigenvalue weighted by Crippen LogP contribution is 2.22. The van der Waals surface area contributed by atoms with Gasteiger partial charge in [-0.2, -0.15) is 0 Å². The maximum absolute atomic E-state index is 13.8. The molecule has 7 heteroatoms. The van der Waals surface area contributed by atoms with Crippen molar-refractivity contribution in [2.75, 3.05) is 0 Å². The zero-order chi connectivity index (χ0) is 15.3. The monoisotopic (exact) mass is 345 g/mol. The van der Waals surface area contributed by atoms with Crippen molar-refractivity contribution in [3.8, 4) is 0 Å². The number of amidine groups is 1. The van der Waals surface area contributed by atoms with Crippen molar-refractivity contribution in [3.63, 3.8) is 0 Å². The van der Waals surface area contributed by atoms with Crippen LogP contribution in [0.2, 0.25) is 0 Å². The number of hydrogen-bond acceptors (Lipinski definition) is 3. The highest BCUT2D eigenvalue weighted by Gasteiger charge is 2.34. The Balaban J connectivity index is 3.16. The Morgan fingerprint density at radius 1 is 1.50 bits per heavy atom. The highest BCUT2D eigenvalue weighted by atomic mass is 79.9. The number of rotatable bonds is 5. The summed E-state index contributed by atoms with van der Waals surface area (Å²) >= 11 is 3.14. The summed E-state index contributed by atoms with van der Waals surface area (Å²) in [4.78, 5) is 12.3. The van der Waals surface area contributed by atoms with E-state index in [1.165, 1.54) is 12.1 Å². The quantitative estimate of drug-likeness (QED) is 0.331. The minimum atomic E-state index is -1.01. The van der Waals surface area contributed by atoms with Crippen molar-refractivity contribution in [3.05, 3.63) is 34.1 Å². The molecule has 0 aliphatic heterocycles. The summed E-state index contributed by atoms with van der Waals surface area (Å²) in [6.45, 7) is 3.58. The SMILES string of the molecule is CCC(CC)(NC(=O)c1c(F)cccc1Br)/C(N)=N/O. The van der Waals surface area contributed by atoms with Crippen LogP contribution in [-0.4, -0.2) is 22.5 Å². The molecule has 0 aliphatic carbocycles. The van der Waals surface area contributed by atoms with E-state index < -0.39 is 17.3 Å². The molecule has 0 fully saturated rings. The lowest BCUT2D eigenvalue weighted by Crippen LogP contribution is -2.57. The highest BCUT2D eigenvalue weighted by molar-refractivity contribution is 9.10. The van der Waals surface area contributed by atoms with Crippen molar-refractivity contribution in [1.82, 2.24) is 5.32 Å². The van der Waals surface area contributed by atoms with E-state index in [-0.39, 0.29) is 11.4 Å². The smallest absolute Gasteiger partial charge is 0.256 e. The third-order valence-corrected chi connectivity index (χ3v) is 4.01. The largest absolute Gasteiger partial charge is 0.409 e. The van der Waals surface area contributed by atoms with Gasteiger partial charge in [0.1, 0.15) is 11.4 Å². The Bertz CT molecular complexity index is 510. The molecule has 0 unspecified atom stereocenters. The number of nitrogens with one attached hydrogen (secondary N) is 1. The molecule has 110 valence electrons. The van der Waals surface area contributed by atoms with Gasteiger partial charge in [0, 0.05) is 4.47 Å². The van der Waals surface area contributed by atoms with Crippen LogP contribution in [0.15, 0.2) is 27.8 Å². The summed E-state index contributed by atoms with van der Waals surface area (Å²) in [6, 6.07) is 4.26. The third kappa shape index (κ3) is 3.09. The number of nitrogens with two attached hydrogens (primary N) is 1. The van der Waals surface area contributed by atoms with Crippen molar-refractivity contribution in [1.29, 1.82) is 0 Å². The molecule has 0 spiro atoms. The van der Waals surface area contributed by atoms with Crippen molar-refractivity contribution in [2.45, 2.75) is 32.2 Å². The maximum atomic E-state index is 13.8. The van der Waals surface area contributed by atoms with E-state index in [0.29, 0.717) is 17.3 Å². The fourth-order valence-corrected chi connectivity index (χ4v) is 2.47. The molecule has 0 atom stereocenters. The van der Waals surface area contributed by atoms with Crippen LogP contribution in [0.4, 0.5) is 4.39 Å². The van der Waals surface area contributed by atoms with Crippen molar-refractivity contribution >= 4 is 27.7 Å². The van der Waals surface area contributed by atoms with Crippen LogP contribution in [0.5, 0.6) is 0 Å². The maximum Gasteiger partial charge on any atom is 0.256 e. The molecule has 1 rings (SSSR count). The van der Waals surface area contributed by atoms with Crippen LogP contribution in [0.3, 0.4) is 0 Å². The standard InChI is InChI=1S/C13H17BrFN3O2/c1-3-13(4-2,12(16)18-20)17-11(19)10-8(14)6-5-7-9(10)15/h5-7,20H,3-4H2,1-2H3,(H2,16,18)(H,17,19). The zero-order valence-electron chi connectivity index (χ0n) is 11.3. The lowest BCUT2D eigenvalue weighted by molar-refractivity contribution is 0.0913. The van der Waals surface area contributed by atoms with E-state index in [9.17, 15) is 9.18 Å². The molecule has 1 amide bonds. The molecule has 0 saturated heterocycles. The Labute approximate surface area is 125 Å². The van der Waals surface area contributed by atoms with Crippen LogP contribution >= 0.6 is 15.9 Å². The molecule has 4 N–H and O–H groups in total. The first-order valence-corrected chi connectivity index (χ1v) is 6.95. The molecule has 0 bridgehead atoms. The third-order valence-electron chi connectivity index (χ3n) is 3.35. The Morgan fingerprint density at radius 2 is 2.10 bits per heavy atom. The number of nitrogens with zero attached hydrogens (tertiary/aromatic N) is 1. The number of hydrogen-bond donors (Lipinski definition) is 3. The van der Waals surface area contributed by atoms with E-state index in [0.717, 1.165) is 0 Å². The second-order valence-electron chi connectivity index (χ2n) is 4.33. The molecular formula is C13H17BrFN3O2. The summed E-state index contributed by atoms with van der Waals surface area (Å²) in [6.07, 6.45) is 0.828. The number of carbonyl (C=O) groups excluding carboxylic acids is 1. The predicted octanol–water partition coefficient (Wildman–Crippen LogP) is 2.62. The molecule has 0 aromatic heterocycles. The minimum Gasteiger partial charge on any atom is -0.409 e. The van der Waals surface area contributed by atoms with Crippen molar-refractivity contribution in [2.24, 2.45) is 10.9 Å². The Kier molecular flexibility index (Phi) is 5.50. The van der Waals surface area contributed by atoms with E-state index in [4.69, 9.17) is 10.9 Å². The molecule has 1 aromatic rings. The summed E-state index contributed by atoms with van der Waals surface area (Å²) in [5, 5.41) is 14.5. The first-order valence-electron chi connectivity index (χ1n) is 6.16. The molecular weight excluding hydrogens is 329 g/mol. The van der Waals surface area contributed by atoms with E-state index >= 15 is 0 Å². The molecule has 0 radical (unpaired) electrons. The van der Waals surface area contributed by atoms with Gasteiger partial charge in [-0.1, -0.05) is 25.1 Å². The number of carbonyl (C=O) groups is 1. The average Bonchev–Trinajstić information content (AvgIpc) is 2.43. The Morgan fingerprint density at radius 3 is 2.55 bits per heavy atom. The van der Waals surface area contributed by atoms with Gasteiger partial charge in [-0.15, -0.1) is 0 Å². The lowest BCUT2D eigenvalue weighted by Gasteiger charge is -2.31. The van der Waals surface area contributed by atoms with Gasteiger partial charge in [0.25, 0.3) is 5.91 Å². The van der Waals surface area contributed by atoms with E-state index in [1.807, 2.05) is 0 Å². The van der Waals surface area contributed by atoms with Crippen molar-refractivity contribution < 1.29 is 14.4 Å². The summed E-state index contributed by atoms with van der Waals surface area (Å²) in [5.74, 6) is -1.37. The number of oxime groups is 1. The normalized spacial score (nSPS) is 12.3. The van der Waals surface area contributed by atoms with Crippen LogP contribution in [0.1, 0.15) is 37.0 Å². The average molecular weight is 346 g/mol. The van der Waals surface area contributed by atoms with Crippen LogP contribution in [0.25, 0.3) is 0 Å². The van der Waals surface area contributed by atoms with Gasteiger partial charge in [-0.05, 0) is 40.9 Å². The van der Waals surface area contributed by atoms with Gasteiger partial charge in [0.15, 0.2) is 5.84 Å². The number of amides is 1.